The average molecular weight is 699 g/mol. The van der Waals surface area contributed by atoms with Crippen LogP contribution in [0.3, 0.4) is 0 Å². The molecule has 5 atom stereocenters. The predicted octanol–water partition coefficient (Wildman–Crippen LogP) is 2.13. The SMILES string of the molecule is CC(=O)N[C@H]1C(Oc2cc(Br)cc(C(=O)Nc3ccc(Cl)cn3)c2NC(=O)C2CCN(C(C)C)CC2)O[C@H](CO)[C@@H](O)[C@@H]1O. The number of aliphatic hydroxyl groups is 3. The number of hydrogen-bond donors (Lipinski definition) is 6. The largest absolute Gasteiger partial charge is 0.460 e. The lowest BCUT2D eigenvalue weighted by Gasteiger charge is -2.42. The number of benzene rings is 1. The van der Waals surface area contributed by atoms with Crippen LogP contribution >= 0.6 is 27.5 Å². The normalized spacial score (nSPS) is 24.5. The molecule has 2 aliphatic heterocycles. The molecule has 1 aromatic heterocycles. The zero-order valence-corrected chi connectivity index (χ0v) is 26.8. The predicted molar refractivity (Wildman–Crippen MR) is 165 cm³/mol. The van der Waals surface area contributed by atoms with Crippen LogP contribution in [0.5, 0.6) is 5.75 Å². The van der Waals surface area contributed by atoms with E-state index < -0.39 is 49.1 Å². The highest BCUT2D eigenvalue weighted by atomic mass is 79.9. The van der Waals surface area contributed by atoms with Crippen molar-refractivity contribution >= 4 is 56.8 Å². The van der Waals surface area contributed by atoms with Gasteiger partial charge in [-0.25, -0.2) is 4.98 Å². The zero-order valence-electron chi connectivity index (χ0n) is 24.5. The molecule has 6 N–H and O–H groups in total. The third kappa shape index (κ3) is 8.24. The van der Waals surface area contributed by atoms with Crippen molar-refractivity contribution in [3.63, 3.8) is 0 Å². The van der Waals surface area contributed by atoms with Gasteiger partial charge < -0.3 is 45.6 Å². The first-order valence-corrected chi connectivity index (χ1v) is 15.4. The second kappa shape index (κ2) is 15.0. The van der Waals surface area contributed by atoms with E-state index in [0.29, 0.717) is 28.4 Å². The van der Waals surface area contributed by atoms with Gasteiger partial charge in [-0.1, -0.05) is 27.5 Å². The number of anilines is 2. The van der Waals surface area contributed by atoms with Gasteiger partial charge in [0.05, 0.1) is 22.9 Å². The molecule has 2 aliphatic rings. The second-order valence-corrected chi connectivity index (χ2v) is 12.4. The third-order valence-corrected chi connectivity index (χ3v) is 8.33. The van der Waals surface area contributed by atoms with Gasteiger partial charge in [0.2, 0.25) is 18.1 Å². The van der Waals surface area contributed by atoms with Gasteiger partial charge in [-0.3, -0.25) is 14.4 Å². The number of piperidine rings is 1. The highest BCUT2D eigenvalue weighted by Crippen LogP contribution is 2.37. The Bertz CT molecular complexity index is 1340. The standard InChI is InChI=1S/C29H37BrClN5O8/c1-14(2)36-8-6-16(7-9-36)27(41)35-23-19(28(42)34-22-5-4-18(31)12-32-22)10-17(30)11-20(23)43-29-24(33-15(3)38)26(40)25(39)21(13-37)44-29/h4-5,10-12,14,16,21,24-26,29,37,39-40H,6-9,13H2,1-3H3,(H,33,38)(H,35,41)(H,32,34,42)/t21-,24-,25-,26-,29?/m1/s1. The summed E-state index contributed by atoms with van der Waals surface area (Å²) < 4.78 is 12.3. The Morgan fingerprint density at radius 1 is 1.16 bits per heavy atom. The van der Waals surface area contributed by atoms with E-state index in [1.807, 2.05) is 0 Å². The number of ether oxygens (including phenoxy) is 2. The number of hydrogen-bond acceptors (Lipinski definition) is 10. The molecule has 0 bridgehead atoms. The van der Waals surface area contributed by atoms with E-state index in [1.165, 1.54) is 31.3 Å². The van der Waals surface area contributed by atoms with Crippen LogP contribution in [0.25, 0.3) is 0 Å². The summed E-state index contributed by atoms with van der Waals surface area (Å²) in [6, 6.07) is 5.16. The first-order chi connectivity index (χ1) is 20.9. The van der Waals surface area contributed by atoms with Crippen molar-refractivity contribution in [3.05, 3.63) is 45.5 Å². The molecule has 2 saturated heterocycles. The van der Waals surface area contributed by atoms with E-state index in [-0.39, 0.29) is 34.6 Å². The number of rotatable bonds is 9. The number of halogens is 2. The summed E-state index contributed by atoms with van der Waals surface area (Å²) in [7, 11) is 0. The van der Waals surface area contributed by atoms with Gasteiger partial charge in [0.25, 0.3) is 5.91 Å². The molecule has 4 rings (SSSR count). The Labute approximate surface area is 268 Å². The Morgan fingerprint density at radius 3 is 2.45 bits per heavy atom. The highest BCUT2D eigenvalue weighted by molar-refractivity contribution is 9.10. The zero-order chi connectivity index (χ0) is 32.1. The Balaban J connectivity index is 1.70. The molecular formula is C29H37BrClN5O8. The number of aliphatic hydroxyl groups excluding tert-OH is 3. The number of aromatic nitrogens is 1. The Hall–Kier alpha value is -2.85. The smallest absolute Gasteiger partial charge is 0.259 e. The van der Waals surface area contributed by atoms with E-state index in [9.17, 15) is 29.7 Å². The van der Waals surface area contributed by atoms with E-state index in [1.54, 1.807) is 6.07 Å². The molecule has 2 fully saturated rings. The van der Waals surface area contributed by atoms with Crippen LogP contribution in [-0.4, -0.2) is 99.3 Å². The van der Waals surface area contributed by atoms with Crippen LogP contribution in [-0.2, 0) is 14.3 Å². The number of pyridine rings is 1. The van der Waals surface area contributed by atoms with Gasteiger partial charge in [-0.05, 0) is 64.0 Å². The summed E-state index contributed by atoms with van der Waals surface area (Å²) in [5.74, 6) is -1.61. The summed E-state index contributed by atoms with van der Waals surface area (Å²) in [5.41, 5.74) is 0.0348. The fraction of sp³-hybridized carbons (Fsp3) is 0.517. The molecule has 0 saturated carbocycles. The molecule has 0 radical (unpaired) electrons. The Morgan fingerprint density at radius 2 is 1.86 bits per heavy atom. The van der Waals surface area contributed by atoms with Crippen molar-refractivity contribution in [2.45, 2.75) is 70.3 Å². The van der Waals surface area contributed by atoms with E-state index in [4.69, 9.17) is 21.1 Å². The Kier molecular flexibility index (Phi) is 11.6. The number of likely N-dealkylation sites (tertiary alicyclic amines) is 1. The van der Waals surface area contributed by atoms with Crippen LogP contribution < -0.4 is 20.7 Å². The van der Waals surface area contributed by atoms with Crippen molar-refractivity contribution < 1.29 is 39.2 Å². The summed E-state index contributed by atoms with van der Waals surface area (Å²) in [5, 5.41) is 39.4. The number of amides is 3. The van der Waals surface area contributed by atoms with E-state index in [0.717, 1.165) is 13.1 Å². The first kappa shape index (κ1) is 34.0. The van der Waals surface area contributed by atoms with Crippen molar-refractivity contribution in [1.29, 1.82) is 0 Å². The topological polar surface area (TPSA) is 183 Å². The lowest BCUT2D eigenvalue weighted by molar-refractivity contribution is -0.244. The van der Waals surface area contributed by atoms with Crippen molar-refractivity contribution in [1.82, 2.24) is 15.2 Å². The molecule has 3 heterocycles. The van der Waals surface area contributed by atoms with E-state index in [2.05, 4.69) is 55.6 Å². The van der Waals surface area contributed by atoms with Gasteiger partial charge in [0, 0.05) is 29.6 Å². The van der Waals surface area contributed by atoms with Crippen LogP contribution in [0, 0.1) is 5.92 Å². The first-order valence-electron chi connectivity index (χ1n) is 14.3. The van der Waals surface area contributed by atoms with Gasteiger partial charge >= 0.3 is 0 Å². The molecule has 2 aromatic rings. The summed E-state index contributed by atoms with van der Waals surface area (Å²) in [6.45, 7) is 6.26. The van der Waals surface area contributed by atoms with Crippen LogP contribution in [0.15, 0.2) is 34.9 Å². The van der Waals surface area contributed by atoms with Crippen molar-refractivity contribution in [2.24, 2.45) is 5.92 Å². The molecule has 0 spiro atoms. The molecular weight excluding hydrogens is 662 g/mol. The van der Waals surface area contributed by atoms with Gasteiger partial charge in [0.15, 0.2) is 0 Å². The van der Waals surface area contributed by atoms with Gasteiger partial charge in [-0.15, -0.1) is 0 Å². The minimum Gasteiger partial charge on any atom is -0.460 e. The molecule has 240 valence electrons. The molecule has 13 nitrogen and oxygen atoms in total. The average Bonchev–Trinajstić information content (AvgIpc) is 2.98. The van der Waals surface area contributed by atoms with Crippen molar-refractivity contribution in [3.8, 4) is 5.75 Å². The van der Waals surface area contributed by atoms with Gasteiger partial charge in [-0.2, -0.15) is 0 Å². The number of carbonyl (C=O) groups is 3. The maximum atomic E-state index is 13.6. The number of nitrogens with zero attached hydrogens (tertiary/aromatic N) is 2. The lowest BCUT2D eigenvalue weighted by atomic mass is 9.94. The third-order valence-electron chi connectivity index (χ3n) is 7.65. The highest BCUT2D eigenvalue weighted by Gasteiger charge is 2.46. The number of nitrogens with one attached hydrogen (secondary N) is 3. The molecule has 1 unspecified atom stereocenters. The minimum atomic E-state index is -1.56. The molecule has 44 heavy (non-hydrogen) atoms. The fourth-order valence-corrected chi connectivity index (χ4v) is 5.76. The molecule has 3 amide bonds. The monoisotopic (exact) mass is 697 g/mol. The second-order valence-electron chi connectivity index (χ2n) is 11.1. The summed E-state index contributed by atoms with van der Waals surface area (Å²) in [4.78, 5) is 45.5. The maximum Gasteiger partial charge on any atom is 0.259 e. The summed E-state index contributed by atoms with van der Waals surface area (Å²) >= 11 is 9.32. The van der Waals surface area contributed by atoms with Crippen LogP contribution in [0.4, 0.5) is 11.5 Å². The summed E-state index contributed by atoms with van der Waals surface area (Å²) in [6.07, 6.45) is -3.15. The molecule has 15 heteroatoms. The molecule has 1 aromatic carbocycles. The van der Waals surface area contributed by atoms with Crippen LogP contribution in [0.2, 0.25) is 5.02 Å². The van der Waals surface area contributed by atoms with Crippen molar-refractivity contribution in [2.75, 3.05) is 30.3 Å². The molecule has 0 aliphatic carbocycles. The fourth-order valence-electron chi connectivity index (χ4n) is 5.22. The maximum absolute atomic E-state index is 13.6. The van der Waals surface area contributed by atoms with Crippen LogP contribution in [0.1, 0.15) is 44.0 Å². The van der Waals surface area contributed by atoms with Gasteiger partial charge in [0.1, 0.15) is 35.9 Å². The number of carbonyl (C=O) groups excluding carboxylic acids is 3. The van der Waals surface area contributed by atoms with E-state index >= 15 is 0 Å². The quantitative estimate of drug-likeness (QED) is 0.227. The lowest BCUT2D eigenvalue weighted by Crippen LogP contribution is -2.65. The minimum absolute atomic E-state index is 0.0160.